The van der Waals surface area contributed by atoms with Gasteiger partial charge in [0.25, 0.3) is 0 Å². The number of aliphatic hydroxyl groups is 1. The average molecular weight is 370 g/mol. The van der Waals surface area contributed by atoms with Crippen LogP contribution in [0.5, 0.6) is 5.75 Å². The van der Waals surface area contributed by atoms with Crippen molar-refractivity contribution < 1.29 is 14.6 Å². The predicted octanol–water partition coefficient (Wildman–Crippen LogP) is 2.06. The Morgan fingerprint density at radius 3 is 2.80 bits per heavy atom. The number of rotatable bonds is 9. The summed E-state index contributed by atoms with van der Waals surface area (Å²) < 4.78 is 11.2. The van der Waals surface area contributed by atoms with Gasteiger partial charge in [0.2, 0.25) is 0 Å². The van der Waals surface area contributed by atoms with Crippen LogP contribution in [0.2, 0.25) is 5.02 Å². The maximum absolute atomic E-state index is 9.30. The summed E-state index contributed by atoms with van der Waals surface area (Å²) in [5.41, 5.74) is -0.0447. The normalized spacial score (nSPS) is 20.5. The number of aliphatic hydroxyl groups excluding tert-OH is 1. The maximum Gasteiger partial charge on any atom is 0.191 e. The van der Waals surface area contributed by atoms with Crippen molar-refractivity contribution in [1.29, 1.82) is 0 Å². The summed E-state index contributed by atoms with van der Waals surface area (Å²) in [5, 5.41) is 16.5. The number of hydrogen-bond acceptors (Lipinski definition) is 4. The quantitative estimate of drug-likeness (QED) is 0.353. The summed E-state index contributed by atoms with van der Waals surface area (Å²) in [6, 6.07) is 7.31. The molecule has 0 aromatic heterocycles. The predicted molar refractivity (Wildman–Crippen MR) is 101 cm³/mol. The summed E-state index contributed by atoms with van der Waals surface area (Å²) in [6.07, 6.45) is 1.66. The second kappa shape index (κ2) is 10.5. The van der Waals surface area contributed by atoms with Crippen molar-refractivity contribution in [1.82, 2.24) is 10.6 Å². The van der Waals surface area contributed by atoms with Gasteiger partial charge in [-0.1, -0.05) is 11.6 Å². The van der Waals surface area contributed by atoms with Crippen LogP contribution in [0.15, 0.2) is 29.3 Å². The monoisotopic (exact) mass is 369 g/mol. The highest BCUT2D eigenvalue weighted by Gasteiger charge is 2.34. The lowest BCUT2D eigenvalue weighted by Crippen LogP contribution is -2.40. The van der Waals surface area contributed by atoms with E-state index in [1.165, 1.54) is 0 Å². The van der Waals surface area contributed by atoms with Gasteiger partial charge in [-0.05, 0) is 44.0 Å². The summed E-state index contributed by atoms with van der Waals surface area (Å²) in [6.45, 7) is 6.19. The first-order valence-corrected chi connectivity index (χ1v) is 9.14. The lowest BCUT2D eigenvalue weighted by molar-refractivity contribution is 0.131. The SMILES string of the molecule is CCNC(=NCC1(CCO)CCOC1)NCCOc1ccc(Cl)cc1. The van der Waals surface area contributed by atoms with Gasteiger partial charge < -0.3 is 25.2 Å². The van der Waals surface area contributed by atoms with Crippen molar-refractivity contribution in [3.05, 3.63) is 29.3 Å². The third-order valence-corrected chi connectivity index (χ3v) is 4.47. The Balaban J connectivity index is 1.79. The molecule has 140 valence electrons. The van der Waals surface area contributed by atoms with E-state index in [0.717, 1.165) is 37.7 Å². The van der Waals surface area contributed by atoms with Gasteiger partial charge in [0.1, 0.15) is 12.4 Å². The molecule has 1 aromatic carbocycles. The molecular weight excluding hydrogens is 342 g/mol. The molecule has 0 aliphatic carbocycles. The van der Waals surface area contributed by atoms with E-state index in [-0.39, 0.29) is 12.0 Å². The molecule has 1 aliphatic rings. The molecular formula is C18H28ClN3O3. The second-order valence-electron chi connectivity index (χ2n) is 6.20. The molecule has 1 saturated heterocycles. The molecule has 1 heterocycles. The first kappa shape index (κ1) is 19.8. The van der Waals surface area contributed by atoms with Gasteiger partial charge in [-0.2, -0.15) is 0 Å². The number of hydrogen-bond donors (Lipinski definition) is 3. The standard InChI is InChI=1S/C18H28ClN3O3/c1-2-20-17(22-13-18(7-10-23)8-11-24-14-18)21-9-12-25-16-5-3-15(19)4-6-16/h3-6,23H,2,7-14H2,1H3,(H2,20,21,22). The number of guanidine groups is 1. The van der Waals surface area contributed by atoms with E-state index in [9.17, 15) is 5.11 Å². The summed E-state index contributed by atoms with van der Waals surface area (Å²) in [7, 11) is 0. The Bertz CT molecular complexity index is 531. The minimum Gasteiger partial charge on any atom is -0.492 e. The molecule has 1 aliphatic heterocycles. The number of benzene rings is 1. The molecule has 0 amide bonds. The van der Waals surface area contributed by atoms with Crippen LogP contribution in [-0.2, 0) is 4.74 Å². The summed E-state index contributed by atoms with van der Waals surface area (Å²) in [4.78, 5) is 4.67. The molecule has 6 nitrogen and oxygen atoms in total. The minimum atomic E-state index is -0.0447. The molecule has 2 rings (SSSR count). The Morgan fingerprint density at radius 1 is 1.36 bits per heavy atom. The largest absolute Gasteiger partial charge is 0.492 e. The second-order valence-corrected chi connectivity index (χ2v) is 6.64. The highest BCUT2D eigenvalue weighted by molar-refractivity contribution is 6.30. The average Bonchev–Trinajstić information content (AvgIpc) is 3.07. The zero-order valence-corrected chi connectivity index (χ0v) is 15.5. The van der Waals surface area contributed by atoms with Crippen molar-refractivity contribution in [2.45, 2.75) is 19.8 Å². The van der Waals surface area contributed by atoms with Crippen LogP contribution in [0, 0.1) is 5.41 Å². The van der Waals surface area contributed by atoms with Crippen LogP contribution in [0.1, 0.15) is 19.8 Å². The van der Waals surface area contributed by atoms with Crippen LogP contribution in [-0.4, -0.2) is 57.1 Å². The lowest BCUT2D eigenvalue weighted by Gasteiger charge is -2.24. The van der Waals surface area contributed by atoms with Crippen molar-refractivity contribution in [3.63, 3.8) is 0 Å². The number of nitrogens with zero attached hydrogens (tertiary/aromatic N) is 1. The number of ether oxygens (including phenoxy) is 2. The first-order valence-electron chi connectivity index (χ1n) is 8.76. The van der Waals surface area contributed by atoms with E-state index >= 15 is 0 Å². The van der Waals surface area contributed by atoms with E-state index in [4.69, 9.17) is 21.1 Å². The smallest absolute Gasteiger partial charge is 0.191 e. The maximum atomic E-state index is 9.30. The fraction of sp³-hybridized carbons (Fsp3) is 0.611. The molecule has 3 N–H and O–H groups in total. The molecule has 1 atom stereocenters. The summed E-state index contributed by atoms with van der Waals surface area (Å²) in [5.74, 6) is 1.55. The first-order chi connectivity index (χ1) is 12.2. The van der Waals surface area contributed by atoms with Crippen LogP contribution in [0.3, 0.4) is 0 Å². The van der Waals surface area contributed by atoms with Crippen LogP contribution in [0.4, 0.5) is 0 Å². The van der Waals surface area contributed by atoms with Gasteiger partial charge in [-0.3, -0.25) is 4.99 Å². The molecule has 0 bridgehead atoms. The van der Waals surface area contributed by atoms with Gasteiger partial charge in [0, 0.05) is 30.2 Å². The Kier molecular flexibility index (Phi) is 8.31. The van der Waals surface area contributed by atoms with Crippen LogP contribution in [0.25, 0.3) is 0 Å². The zero-order valence-electron chi connectivity index (χ0n) is 14.8. The van der Waals surface area contributed by atoms with Gasteiger partial charge in [0.05, 0.1) is 19.7 Å². The third kappa shape index (κ3) is 6.72. The third-order valence-electron chi connectivity index (χ3n) is 4.22. The van der Waals surface area contributed by atoms with Gasteiger partial charge in [-0.15, -0.1) is 0 Å². The molecule has 25 heavy (non-hydrogen) atoms. The fourth-order valence-corrected chi connectivity index (χ4v) is 2.87. The molecule has 0 spiro atoms. The Hall–Kier alpha value is -1.50. The van der Waals surface area contributed by atoms with E-state index in [1.807, 2.05) is 19.1 Å². The van der Waals surface area contributed by atoms with E-state index in [0.29, 0.717) is 31.3 Å². The minimum absolute atomic E-state index is 0.0447. The fourth-order valence-electron chi connectivity index (χ4n) is 2.75. The van der Waals surface area contributed by atoms with E-state index < -0.39 is 0 Å². The number of aliphatic imine (C=N–C) groups is 1. The van der Waals surface area contributed by atoms with Crippen LogP contribution < -0.4 is 15.4 Å². The van der Waals surface area contributed by atoms with E-state index in [1.54, 1.807) is 12.1 Å². The lowest BCUT2D eigenvalue weighted by atomic mass is 9.84. The highest BCUT2D eigenvalue weighted by atomic mass is 35.5. The Labute approximate surface area is 154 Å². The van der Waals surface area contributed by atoms with Crippen molar-refractivity contribution >= 4 is 17.6 Å². The molecule has 1 unspecified atom stereocenters. The highest BCUT2D eigenvalue weighted by Crippen LogP contribution is 2.32. The van der Waals surface area contributed by atoms with Crippen molar-refractivity contribution in [2.75, 3.05) is 46.1 Å². The number of halogens is 1. The van der Waals surface area contributed by atoms with Crippen molar-refractivity contribution in [3.8, 4) is 5.75 Å². The summed E-state index contributed by atoms with van der Waals surface area (Å²) >= 11 is 5.86. The molecule has 0 saturated carbocycles. The zero-order chi connectivity index (χ0) is 18.0. The topological polar surface area (TPSA) is 75.1 Å². The van der Waals surface area contributed by atoms with Crippen LogP contribution >= 0.6 is 11.6 Å². The molecule has 7 heteroatoms. The molecule has 1 fully saturated rings. The molecule has 0 radical (unpaired) electrons. The number of nitrogens with one attached hydrogen (secondary N) is 2. The van der Waals surface area contributed by atoms with E-state index in [2.05, 4.69) is 15.6 Å². The van der Waals surface area contributed by atoms with Gasteiger partial charge in [0.15, 0.2) is 5.96 Å². The van der Waals surface area contributed by atoms with Gasteiger partial charge in [-0.25, -0.2) is 0 Å². The van der Waals surface area contributed by atoms with Crippen molar-refractivity contribution in [2.24, 2.45) is 10.4 Å². The Morgan fingerprint density at radius 2 is 2.16 bits per heavy atom. The van der Waals surface area contributed by atoms with Gasteiger partial charge >= 0.3 is 0 Å². The molecule has 1 aromatic rings.